The minimum Gasteiger partial charge on any atom is -0.481 e. The smallest absolute Gasteiger partial charge is 0.321 e. The molecule has 8 nitrogen and oxygen atoms in total. The molecule has 0 saturated heterocycles. The number of nitrogens with one attached hydrogen (secondary N) is 3. The number of fused-ring (bicyclic) bond motifs is 1. The van der Waals surface area contributed by atoms with E-state index in [4.69, 9.17) is 0 Å². The van der Waals surface area contributed by atoms with Crippen LogP contribution in [0.15, 0.2) is 47.5 Å². The van der Waals surface area contributed by atoms with Crippen molar-refractivity contribution in [2.75, 3.05) is 11.9 Å². The molecule has 0 atom stereocenters. The molecule has 1 heterocycles. The minimum absolute atomic E-state index is 0.0888. The molecular weight excluding hydrogens is 426 g/mol. The van der Waals surface area contributed by atoms with E-state index in [9.17, 15) is 14.7 Å². The van der Waals surface area contributed by atoms with Gasteiger partial charge in [-0.05, 0) is 50.5 Å². The topological polar surface area (TPSA) is 116 Å². The molecule has 166 valence electrons. The molecule has 4 rings (SSSR count). The molecule has 2 amide bonds. The van der Waals surface area contributed by atoms with E-state index < -0.39 is 17.4 Å². The molecule has 1 aliphatic rings. The van der Waals surface area contributed by atoms with Gasteiger partial charge in [0.1, 0.15) is 0 Å². The first-order valence-electron chi connectivity index (χ1n) is 10.4. The number of aliphatic carboxylic acids is 1. The first kappa shape index (κ1) is 21.8. The Morgan fingerprint density at radius 1 is 1.16 bits per heavy atom. The van der Waals surface area contributed by atoms with Crippen LogP contribution in [0.1, 0.15) is 29.0 Å². The van der Waals surface area contributed by atoms with Crippen molar-refractivity contribution in [2.45, 2.75) is 33.2 Å². The van der Waals surface area contributed by atoms with Gasteiger partial charge in [0.2, 0.25) is 5.96 Å². The molecular formula is C23H25N5O3S. The van der Waals surface area contributed by atoms with Crippen molar-refractivity contribution in [3.05, 3.63) is 58.6 Å². The number of carbonyl (C=O) groups excluding carboxylic acids is 1. The maximum Gasteiger partial charge on any atom is 0.321 e. The van der Waals surface area contributed by atoms with Crippen LogP contribution < -0.4 is 16.0 Å². The number of aromatic nitrogens is 1. The van der Waals surface area contributed by atoms with Crippen molar-refractivity contribution in [3.63, 3.8) is 0 Å². The highest BCUT2D eigenvalue weighted by Gasteiger charge is 2.50. The molecule has 3 aromatic rings. The maximum atomic E-state index is 12.5. The van der Waals surface area contributed by atoms with E-state index in [1.165, 1.54) is 0 Å². The summed E-state index contributed by atoms with van der Waals surface area (Å²) < 4.78 is 1.03. The number of aryl methyl sites for hydroxylation is 2. The third kappa shape index (κ3) is 5.23. The number of thiazole rings is 1. The summed E-state index contributed by atoms with van der Waals surface area (Å²) in [6.07, 6.45) is 1.15. The Bertz CT molecular complexity index is 1180. The van der Waals surface area contributed by atoms with Gasteiger partial charge in [-0.15, -0.1) is 11.3 Å². The van der Waals surface area contributed by atoms with E-state index >= 15 is 0 Å². The third-order valence-corrected chi connectivity index (χ3v) is 6.36. The SMILES string of the molecule is Cc1ccc(CN=C(NC(=O)NCC2(C(=O)O)CC2)Nc2ccc3nc(C)sc3c2)cc1. The molecule has 0 spiro atoms. The van der Waals surface area contributed by atoms with Gasteiger partial charge in [0.15, 0.2) is 0 Å². The molecule has 1 saturated carbocycles. The highest BCUT2D eigenvalue weighted by Crippen LogP contribution is 2.45. The van der Waals surface area contributed by atoms with E-state index in [0.29, 0.717) is 19.4 Å². The number of nitrogens with zero attached hydrogens (tertiary/aromatic N) is 2. The summed E-state index contributed by atoms with van der Waals surface area (Å²) in [5.74, 6) is -0.596. The molecule has 32 heavy (non-hydrogen) atoms. The van der Waals surface area contributed by atoms with Crippen LogP contribution in [-0.2, 0) is 11.3 Å². The normalized spacial score (nSPS) is 14.8. The number of carboxylic acid groups (broad SMARTS) is 1. The molecule has 0 unspecified atom stereocenters. The predicted octanol–water partition coefficient (Wildman–Crippen LogP) is 4.05. The number of carboxylic acids is 1. The Hall–Kier alpha value is -3.46. The first-order valence-corrected chi connectivity index (χ1v) is 11.2. The van der Waals surface area contributed by atoms with E-state index in [0.717, 1.165) is 32.0 Å². The maximum absolute atomic E-state index is 12.5. The van der Waals surface area contributed by atoms with Gasteiger partial charge in [-0.25, -0.2) is 14.8 Å². The fourth-order valence-electron chi connectivity index (χ4n) is 3.25. The summed E-state index contributed by atoms with van der Waals surface area (Å²) in [7, 11) is 0. The first-order chi connectivity index (χ1) is 15.3. The lowest BCUT2D eigenvalue weighted by atomic mass is 10.1. The number of amides is 2. The van der Waals surface area contributed by atoms with Crippen LogP contribution in [-0.4, -0.2) is 34.6 Å². The van der Waals surface area contributed by atoms with Gasteiger partial charge in [0.05, 0.1) is 27.2 Å². The second kappa shape index (κ2) is 8.96. The molecule has 2 aromatic carbocycles. The van der Waals surface area contributed by atoms with Crippen LogP contribution >= 0.6 is 11.3 Å². The van der Waals surface area contributed by atoms with Gasteiger partial charge in [0.25, 0.3) is 0 Å². The second-order valence-electron chi connectivity index (χ2n) is 8.08. The Morgan fingerprint density at radius 2 is 1.91 bits per heavy atom. The van der Waals surface area contributed by atoms with Crippen molar-refractivity contribution in [1.82, 2.24) is 15.6 Å². The minimum atomic E-state index is -0.877. The van der Waals surface area contributed by atoms with Crippen molar-refractivity contribution >= 4 is 45.2 Å². The fraction of sp³-hybridized carbons (Fsp3) is 0.304. The monoisotopic (exact) mass is 451 g/mol. The number of rotatable bonds is 6. The van der Waals surface area contributed by atoms with Gasteiger partial charge in [-0.3, -0.25) is 10.1 Å². The van der Waals surface area contributed by atoms with Gasteiger partial charge < -0.3 is 15.7 Å². The number of anilines is 1. The number of guanidine groups is 1. The summed E-state index contributed by atoms with van der Waals surface area (Å²) in [6.45, 7) is 4.45. The van der Waals surface area contributed by atoms with Crippen LogP contribution in [0, 0.1) is 19.3 Å². The number of aliphatic imine (C=N–C) groups is 1. The van der Waals surface area contributed by atoms with E-state index in [1.807, 2.05) is 56.3 Å². The van der Waals surface area contributed by atoms with Crippen LogP contribution in [0.4, 0.5) is 10.5 Å². The summed E-state index contributed by atoms with van der Waals surface area (Å²) >= 11 is 1.59. The van der Waals surface area contributed by atoms with Gasteiger partial charge in [0, 0.05) is 12.2 Å². The Morgan fingerprint density at radius 3 is 2.59 bits per heavy atom. The van der Waals surface area contributed by atoms with Crippen LogP contribution in [0.3, 0.4) is 0 Å². The third-order valence-electron chi connectivity index (χ3n) is 5.42. The summed E-state index contributed by atoms with van der Waals surface area (Å²) in [5.41, 5.74) is 3.03. The van der Waals surface area contributed by atoms with Gasteiger partial charge >= 0.3 is 12.0 Å². The Balaban J connectivity index is 1.48. The van der Waals surface area contributed by atoms with Crippen LogP contribution in [0.5, 0.6) is 0 Å². The van der Waals surface area contributed by atoms with Crippen molar-refractivity contribution in [1.29, 1.82) is 0 Å². The average Bonchev–Trinajstić information content (AvgIpc) is 3.46. The predicted molar refractivity (Wildman–Crippen MR) is 126 cm³/mol. The zero-order chi connectivity index (χ0) is 22.7. The van der Waals surface area contributed by atoms with Crippen molar-refractivity contribution in [3.8, 4) is 0 Å². The number of carbonyl (C=O) groups is 2. The molecule has 1 fully saturated rings. The quantitative estimate of drug-likeness (QED) is 0.333. The van der Waals surface area contributed by atoms with Crippen molar-refractivity contribution < 1.29 is 14.7 Å². The number of hydrogen-bond acceptors (Lipinski definition) is 5. The summed E-state index contributed by atoms with van der Waals surface area (Å²) in [5, 5.41) is 18.8. The Kier molecular flexibility index (Phi) is 6.09. The average molecular weight is 452 g/mol. The number of urea groups is 1. The molecule has 0 bridgehead atoms. The number of benzene rings is 2. The largest absolute Gasteiger partial charge is 0.481 e. The lowest BCUT2D eigenvalue weighted by molar-refractivity contribution is -0.143. The second-order valence-corrected chi connectivity index (χ2v) is 9.32. The molecule has 0 aliphatic heterocycles. The summed E-state index contributed by atoms with van der Waals surface area (Å²) in [6, 6.07) is 13.3. The van der Waals surface area contributed by atoms with E-state index in [2.05, 4.69) is 25.9 Å². The molecule has 0 radical (unpaired) electrons. The Labute approximate surface area is 189 Å². The standard InChI is InChI=1S/C23H25N5O3S/c1-14-3-5-16(6-4-14)12-24-21(28-22(31)25-13-23(9-10-23)20(29)30)27-17-7-8-18-19(11-17)32-15(2)26-18/h3-8,11H,9-10,12-13H2,1-2H3,(H,29,30)(H3,24,25,27,28,31). The summed E-state index contributed by atoms with van der Waals surface area (Å²) in [4.78, 5) is 32.8. The highest BCUT2D eigenvalue weighted by atomic mass is 32.1. The highest BCUT2D eigenvalue weighted by molar-refractivity contribution is 7.18. The van der Waals surface area contributed by atoms with Crippen molar-refractivity contribution in [2.24, 2.45) is 10.4 Å². The lowest BCUT2D eigenvalue weighted by Crippen LogP contribution is -2.45. The lowest BCUT2D eigenvalue weighted by Gasteiger charge is -2.15. The zero-order valence-corrected chi connectivity index (χ0v) is 18.8. The van der Waals surface area contributed by atoms with E-state index in [-0.39, 0.29) is 12.5 Å². The molecule has 4 N–H and O–H groups in total. The molecule has 9 heteroatoms. The van der Waals surface area contributed by atoms with Crippen LogP contribution in [0.2, 0.25) is 0 Å². The fourth-order valence-corrected chi connectivity index (χ4v) is 4.11. The number of hydrogen-bond donors (Lipinski definition) is 4. The van der Waals surface area contributed by atoms with Crippen LogP contribution in [0.25, 0.3) is 10.2 Å². The zero-order valence-electron chi connectivity index (χ0n) is 17.9. The van der Waals surface area contributed by atoms with Gasteiger partial charge in [-0.2, -0.15) is 0 Å². The van der Waals surface area contributed by atoms with Gasteiger partial charge in [-0.1, -0.05) is 29.8 Å². The van der Waals surface area contributed by atoms with E-state index in [1.54, 1.807) is 11.3 Å². The molecule has 1 aliphatic carbocycles. The molecule has 1 aromatic heterocycles.